The maximum atomic E-state index is 11.8. The molecule has 0 heterocycles. The van der Waals surface area contributed by atoms with E-state index >= 15 is 0 Å². The van der Waals surface area contributed by atoms with E-state index in [1.165, 1.54) is 38.5 Å². The minimum absolute atomic E-state index is 0.00246. The summed E-state index contributed by atoms with van der Waals surface area (Å²) in [5.74, 6) is -1.24. The number of carbonyl (C=O) groups excluding carboxylic acids is 4. The van der Waals surface area contributed by atoms with E-state index in [2.05, 4.69) is 13.8 Å². The second-order valence-electron chi connectivity index (χ2n) is 8.23. The average Bonchev–Trinajstić information content (AvgIpc) is 2.73. The van der Waals surface area contributed by atoms with Crippen LogP contribution in [0.3, 0.4) is 0 Å². The molecular formula is C25H44O6. The number of Topliss-reactive ketones (excluding diaryl/α,β-unsaturated/α-hetero) is 2. The van der Waals surface area contributed by atoms with Crippen molar-refractivity contribution in [3.05, 3.63) is 0 Å². The van der Waals surface area contributed by atoms with Gasteiger partial charge in [-0.15, -0.1) is 0 Å². The molecule has 0 bridgehead atoms. The van der Waals surface area contributed by atoms with Crippen molar-refractivity contribution >= 4 is 23.5 Å². The van der Waals surface area contributed by atoms with Gasteiger partial charge in [0.05, 0.1) is 13.2 Å². The Morgan fingerprint density at radius 1 is 0.484 bits per heavy atom. The van der Waals surface area contributed by atoms with Crippen LogP contribution in [-0.2, 0) is 28.7 Å². The first-order valence-corrected chi connectivity index (χ1v) is 12.3. The number of esters is 2. The number of hydrogen-bond donors (Lipinski definition) is 0. The van der Waals surface area contributed by atoms with Crippen molar-refractivity contribution in [3.8, 4) is 0 Å². The Labute approximate surface area is 188 Å². The van der Waals surface area contributed by atoms with E-state index in [1.807, 2.05) is 0 Å². The number of hydrogen-bond acceptors (Lipinski definition) is 6. The summed E-state index contributed by atoms with van der Waals surface area (Å²) in [6.45, 7) is 4.34. The van der Waals surface area contributed by atoms with Gasteiger partial charge < -0.3 is 9.47 Å². The summed E-state index contributed by atoms with van der Waals surface area (Å²) in [5, 5.41) is 0. The van der Waals surface area contributed by atoms with Gasteiger partial charge in [0.25, 0.3) is 0 Å². The van der Waals surface area contributed by atoms with Gasteiger partial charge in [-0.05, 0) is 12.8 Å². The molecule has 0 amide bonds. The van der Waals surface area contributed by atoms with E-state index < -0.39 is 18.4 Å². The van der Waals surface area contributed by atoms with Crippen molar-refractivity contribution in [2.24, 2.45) is 0 Å². The first kappa shape index (κ1) is 29.3. The molecule has 0 saturated heterocycles. The van der Waals surface area contributed by atoms with Crippen LogP contribution < -0.4 is 0 Å². The Kier molecular flexibility index (Phi) is 20.3. The average molecular weight is 441 g/mol. The minimum atomic E-state index is -0.698. The van der Waals surface area contributed by atoms with Crippen LogP contribution in [0.1, 0.15) is 123 Å². The Morgan fingerprint density at radius 2 is 0.839 bits per heavy atom. The molecule has 0 saturated carbocycles. The summed E-state index contributed by atoms with van der Waals surface area (Å²) in [4.78, 5) is 46.8. The van der Waals surface area contributed by atoms with Crippen LogP contribution in [0.5, 0.6) is 0 Å². The van der Waals surface area contributed by atoms with Gasteiger partial charge in [-0.2, -0.15) is 0 Å². The quantitative estimate of drug-likeness (QED) is 0.119. The number of ketones is 2. The molecule has 0 fully saturated rings. The summed E-state index contributed by atoms with van der Waals surface area (Å²) >= 11 is 0. The lowest BCUT2D eigenvalue weighted by molar-refractivity contribution is -0.154. The fraction of sp³-hybridized carbons (Fsp3) is 0.840. The van der Waals surface area contributed by atoms with Crippen LogP contribution in [0.4, 0.5) is 0 Å². The lowest BCUT2D eigenvalue weighted by Crippen LogP contribution is -2.17. The first-order chi connectivity index (χ1) is 15.0. The highest BCUT2D eigenvalue weighted by atomic mass is 16.6. The second-order valence-corrected chi connectivity index (χ2v) is 8.23. The SMILES string of the molecule is CCCCCCCCC(=O)CCOC(=O)CC(=O)OCCC(=O)CCCCCCCC. The van der Waals surface area contributed by atoms with Crippen molar-refractivity contribution in [1.82, 2.24) is 0 Å². The predicted molar refractivity (Wildman–Crippen MR) is 122 cm³/mol. The monoisotopic (exact) mass is 440 g/mol. The molecule has 0 atom stereocenters. The lowest BCUT2D eigenvalue weighted by atomic mass is 10.1. The molecule has 0 unspecified atom stereocenters. The zero-order valence-corrected chi connectivity index (χ0v) is 19.9. The van der Waals surface area contributed by atoms with Crippen LogP contribution >= 0.6 is 0 Å². The van der Waals surface area contributed by atoms with E-state index in [1.54, 1.807) is 0 Å². The van der Waals surface area contributed by atoms with Crippen LogP contribution in [0, 0.1) is 0 Å². The molecule has 0 aromatic carbocycles. The van der Waals surface area contributed by atoms with Crippen molar-refractivity contribution in [2.75, 3.05) is 13.2 Å². The number of carbonyl (C=O) groups is 4. The van der Waals surface area contributed by atoms with Gasteiger partial charge in [0.15, 0.2) is 0 Å². The maximum absolute atomic E-state index is 11.8. The van der Waals surface area contributed by atoms with Crippen LogP contribution in [0.15, 0.2) is 0 Å². The molecule has 0 spiro atoms. The lowest BCUT2D eigenvalue weighted by Gasteiger charge is -2.06. The van der Waals surface area contributed by atoms with E-state index in [0.29, 0.717) is 12.8 Å². The molecular weight excluding hydrogens is 396 g/mol. The van der Waals surface area contributed by atoms with Crippen LogP contribution in [-0.4, -0.2) is 36.7 Å². The molecule has 6 nitrogen and oxygen atoms in total. The van der Waals surface area contributed by atoms with E-state index in [0.717, 1.165) is 38.5 Å². The highest BCUT2D eigenvalue weighted by Gasteiger charge is 2.13. The molecule has 0 aromatic rings. The number of ether oxygens (including phenoxy) is 2. The van der Waals surface area contributed by atoms with Gasteiger partial charge in [0, 0.05) is 25.7 Å². The molecule has 180 valence electrons. The van der Waals surface area contributed by atoms with Gasteiger partial charge in [0.2, 0.25) is 0 Å². The van der Waals surface area contributed by atoms with Gasteiger partial charge in [-0.25, -0.2) is 0 Å². The fourth-order valence-electron chi connectivity index (χ4n) is 3.23. The van der Waals surface area contributed by atoms with Gasteiger partial charge in [-0.3, -0.25) is 19.2 Å². The second kappa shape index (κ2) is 21.5. The largest absolute Gasteiger partial charge is 0.465 e. The Morgan fingerprint density at radius 3 is 1.23 bits per heavy atom. The van der Waals surface area contributed by atoms with Crippen molar-refractivity contribution in [2.45, 2.75) is 123 Å². The summed E-state index contributed by atoms with van der Waals surface area (Å²) in [5.41, 5.74) is 0. The number of rotatable bonds is 22. The molecule has 31 heavy (non-hydrogen) atoms. The predicted octanol–water partition coefficient (Wildman–Crippen LogP) is 5.88. The Hall–Kier alpha value is -1.72. The molecule has 0 radical (unpaired) electrons. The number of unbranched alkanes of at least 4 members (excludes halogenated alkanes) is 10. The molecule has 0 N–H and O–H groups in total. The van der Waals surface area contributed by atoms with Crippen molar-refractivity contribution in [1.29, 1.82) is 0 Å². The topological polar surface area (TPSA) is 86.7 Å². The minimum Gasteiger partial charge on any atom is -0.465 e. The van der Waals surface area contributed by atoms with E-state index in [4.69, 9.17) is 9.47 Å². The maximum Gasteiger partial charge on any atom is 0.317 e. The summed E-state index contributed by atoms with van der Waals surface area (Å²) in [6, 6.07) is 0. The molecule has 0 rings (SSSR count). The smallest absolute Gasteiger partial charge is 0.317 e. The normalized spacial score (nSPS) is 10.6. The van der Waals surface area contributed by atoms with Crippen molar-refractivity contribution in [3.63, 3.8) is 0 Å². The molecule has 0 aliphatic heterocycles. The summed E-state index contributed by atoms with van der Waals surface area (Å²) < 4.78 is 9.87. The van der Waals surface area contributed by atoms with E-state index in [-0.39, 0.29) is 37.6 Å². The van der Waals surface area contributed by atoms with Crippen molar-refractivity contribution < 1.29 is 28.7 Å². The van der Waals surface area contributed by atoms with Gasteiger partial charge in [0.1, 0.15) is 18.0 Å². The third-order valence-corrected chi connectivity index (χ3v) is 5.19. The highest BCUT2D eigenvalue weighted by molar-refractivity contribution is 5.91. The van der Waals surface area contributed by atoms with Crippen LogP contribution in [0.25, 0.3) is 0 Å². The highest BCUT2D eigenvalue weighted by Crippen LogP contribution is 2.09. The third-order valence-electron chi connectivity index (χ3n) is 5.19. The molecule has 0 aromatic heterocycles. The van der Waals surface area contributed by atoms with Gasteiger partial charge >= 0.3 is 11.9 Å². The van der Waals surface area contributed by atoms with Gasteiger partial charge in [-0.1, -0.05) is 78.1 Å². The Bertz CT molecular complexity index is 456. The molecule has 0 aliphatic carbocycles. The van der Waals surface area contributed by atoms with Crippen LogP contribution in [0.2, 0.25) is 0 Å². The first-order valence-electron chi connectivity index (χ1n) is 12.3. The zero-order valence-electron chi connectivity index (χ0n) is 19.9. The molecule has 0 aliphatic rings. The summed E-state index contributed by atoms with van der Waals surface area (Å²) in [7, 11) is 0. The van der Waals surface area contributed by atoms with E-state index in [9.17, 15) is 19.2 Å². The summed E-state index contributed by atoms with van der Waals surface area (Å²) in [6.07, 6.45) is 14.4. The fourth-order valence-corrected chi connectivity index (χ4v) is 3.23. The molecule has 6 heteroatoms. The third kappa shape index (κ3) is 21.3. The Balaban J connectivity index is 3.61. The standard InChI is InChI=1S/C25H44O6/c1-3-5-7-9-11-13-15-22(26)17-19-30-24(28)21-25(29)31-20-18-23(27)16-14-12-10-8-6-4-2/h3-21H2,1-2H3. The zero-order chi connectivity index (χ0) is 23.2.